The number of benzene rings is 2. The molecule has 13 nitrogen and oxygen atoms in total. The van der Waals surface area contributed by atoms with Gasteiger partial charge in [-0.05, 0) is 36.4 Å². The number of H-pyrrole nitrogens is 1. The minimum atomic E-state index is -0.407. The van der Waals surface area contributed by atoms with Crippen molar-refractivity contribution in [1.82, 2.24) is 30.1 Å². The number of carbonyl (C=O) groups is 1. The molecule has 45 heavy (non-hydrogen) atoms. The van der Waals surface area contributed by atoms with Crippen LogP contribution in [0.2, 0.25) is 10.0 Å². The van der Waals surface area contributed by atoms with Crippen LogP contribution in [0.4, 0.5) is 22.0 Å². The molecule has 3 heterocycles. The van der Waals surface area contributed by atoms with Crippen molar-refractivity contribution in [2.24, 2.45) is 0 Å². The summed E-state index contributed by atoms with van der Waals surface area (Å²) in [6, 6.07) is 11.8. The molecule has 3 aromatic heterocycles. The largest absolute Gasteiger partial charge is 0.472 e. The van der Waals surface area contributed by atoms with E-state index in [1.165, 1.54) is 6.20 Å². The fraction of sp³-hybridized carbons (Fsp3) is 0.200. The molecule has 0 bridgehead atoms. The molecule has 5 aromatic rings. The van der Waals surface area contributed by atoms with E-state index < -0.39 is 6.03 Å². The van der Waals surface area contributed by atoms with E-state index in [1.807, 2.05) is 6.07 Å². The van der Waals surface area contributed by atoms with E-state index in [1.54, 1.807) is 67.4 Å². The highest BCUT2D eigenvalue weighted by Crippen LogP contribution is 2.24. The monoisotopic (exact) mass is 653 g/mol. The first-order valence-corrected chi connectivity index (χ1v) is 14.1. The molecule has 0 saturated heterocycles. The number of aromatic amines is 1. The second-order valence-corrected chi connectivity index (χ2v) is 11.1. The third kappa shape index (κ3) is 10.9. The summed E-state index contributed by atoms with van der Waals surface area (Å²) >= 11 is 12.2. The topological polar surface area (TPSA) is 197 Å². The summed E-state index contributed by atoms with van der Waals surface area (Å²) in [5.74, 6) is 1.30. The van der Waals surface area contributed by atoms with Gasteiger partial charge in [0.2, 0.25) is 11.8 Å². The lowest BCUT2D eigenvalue weighted by Crippen LogP contribution is -2.19. The molecular weight excluding hydrogens is 621 g/mol. The van der Waals surface area contributed by atoms with Gasteiger partial charge in [0.05, 0.1) is 12.4 Å². The van der Waals surface area contributed by atoms with E-state index in [4.69, 9.17) is 38.4 Å². The highest BCUT2D eigenvalue weighted by molar-refractivity contribution is 6.31. The van der Waals surface area contributed by atoms with Gasteiger partial charge in [-0.3, -0.25) is 20.4 Å². The zero-order chi connectivity index (χ0) is 31.5. The van der Waals surface area contributed by atoms with Crippen molar-refractivity contribution in [3.05, 3.63) is 107 Å². The molecule has 0 unspecified atom stereocenters. The number of amides is 2. The second-order valence-electron chi connectivity index (χ2n) is 10.3. The molecular formula is C30H33Cl2N9O4. The summed E-state index contributed by atoms with van der Waals surface area (Å²) < 4.78 is 11.0. The Hall–Kier alpha value is -4.98. The van der Waals surface area contributed by atoms with Gasteiger partial charge in [0.25, 0.3) is 0 Å². The minimum Gasteiger partial charge on any atom is -0.472 e. The van der Waals surface area contributed by atoms with E-state index in [0.717, 1.165) is 11.3 Å². The molecule has 2 amide bonds. The molecule has 0 aliphatic rings. The molecule has 0 fully saturated rings. The van der Waals surface area contributed by atoms with E-state index in [9.17, 15) is 4.79 Å². The van der Waals surface area contributed by atoms with Crippen LogP contribution in [0.25, 0.3) is 0 Å². The normalized spacial score (nSPS) is 10.5. The number of halogens is 2. The number of aromatic nitrogens is 6. The van der Waals surface area contributed by atoms with E-state index in [-0.39, 0.29) is 17.5 Å². The number of nitrogens with zero attached hydrogens (tertiary/aromatic N) is 5. The number of urea groups is 1. The van der Waals surface area contributed by atoms with Crippen molar-refractivity contribution < 1.29 is 19.7 Å². The Kier molecular flexibility index (Phi) is 12.4. The molecule has 0 radical (unpaired) electrons. The van der Waals surface area contributed by atoms with E-state index in [2.05, 4.69) is 61.5 Å². The van der Waals surface area contributed by atoms with Gasteiger partial charge >= 0.3 is 6.03 Å². The van der Waals surface area contributed by atoms with Crippen LogP contribution in [0.5, 0.6) is 11.8 Å². The van der Waals surface area contributed by atoms with Crippen LogP contribution in [0.3, 0.4) is 0 Å². The van der Waals surface area contributed by atoms with Crippen LogP contribution in [-0.4, -0.2) is 41.6 Å². The predicted molar refractivity (Wildman–Crippen MR) is 174 cm³/mol. The van der Waals surface area contributed by atoms with Gasteiger partial charge in [-0.2, -0.15) is 5.10 Å². The number of nitrogens with two attached hydrogens (primary N) is 1. The molecule has 0 spiro atoms. The standard InChI is InChI=1S/C19H21ClN6O2.C11H10ClN3O.H2O/c1-19(2,3)15-9-16(26-25-15)24-18(27)23-13-4-5-14(20)12(8-13)11-28-17-10-21-6-7-22-17;12-10-2-1-9(13)5-8(10)7-16-11-6-14-3-4-15-11;/h4-10H,11H2,1-3H3,(H3,23,24,25,26,27);1-6H,7,13H2;1H2. The summed E-state index contributed by atoms with van der Waals surface area (Å²) in [5, 5.41) is 13.6. The van der Waals surface area contributed by atoms with Gasteiger partial charge in [0, 0.05) is 74.5 Å². The predicted octanol–water partition coefficient (Wildman–Crippen LogP) is 5.84. The van der Waals surface area contributed by atoms with Gasteiger partial charge in [-0.1, -0.05) is 44.0 Å². The Balaban J connectivity index is 0.000000276. The lowest BCUT2D eigenvalue weighted by molar-refractivity contribution is 0.262. The van der Waals surface area contributed by atoms with Crippen molar-refractivity contribution in [2.75, 3.05) is 16.4 Å². The Morgan fingerprint density at radius 3 is 1.96 bits per heavy atom. The SMILES string of the molecule is CC(C)(C)c1cc(NC(=O)Nc2ccc(Cl)c(COc3cnccn3)c2)n[nH]1.Nc1ccc(Cl)c(COc2cnccn2)c1.O. The molecule has 15 heteroatoms. The van der Waals surface area contributed by atoms with Crippen LogP contribution in [-0.2, 0) is 18.6 Å². The zero-order valence-electron chi connectivity index (χ0n) is 24.7. The number of ether oxygens (including phenoxy) is 2. The lowest BCUT2D eigenvalue weighted by atomic mass is 9.92. The number of nitrogen functional groups attached to an aromatic ring is 1. The van der Waals surface area contributed by atoms with Crippen LogP contribution in [0, 0.1) is 0 Å². The van der Waals surface area contributed by atoms with E-state index >= 15 is 0 Å². The average Bonchev–Trinajstić information content (AvgIpc) is 3.48. The van der Waals surface area contributed by atoms with Crippen molar-refractivity contribution in [2.45, 2.75) is 39.4 Å². The molecule has 0 aliphatic carbocycles. The molecule has 2 aromatic carbocycles. The number of hydrogen-bond acceptors (Lipinski definition) is 9. The Morgan fingerprint density at radius 2 is 1.42 bits per heavy atom. The number of anilines is 3. The van der Waals surface area contributed by atoms with Gasteiger partial charge in [-0.15, -0.1) is 0 Å². The highest BCUT2D eigenvalue weighted by atomic mass is 35.5. The Labute approximate surface area is 269 Å². The first-order chi connectivity index (χ1) is 21.1. The van der Waals surface area contributed by atoms with Gasteiger partial charge < -0.3 is 26.0 Å². The van der Waals surface area contributed by atoms with Crippen LogP contribution in [0.1, 0.15) is 37.6 Å². The van der Waals surface area contributed by atoms with Gasteiger partial charge in [0.1, 0.15) is 13.2 Å². The fourth-order valence-corrected chi connectivity index (χ4v) is 3.88. The lowest BCUT2D eigenvalue weighted by Gasteiger charge is -2.14. The van der Waals surface area contributed by atoms with Crippen LogP contribution >= 0.6 is 23.2 Å². The molecule has 0 atom stereocenters. The van der Waals surface area contributed by atoms with Gasteiger partial charge in [-0.25, -0.2) is 14.8 Å². The van der Waals surface area contributed by atoms with Gasteiger partial charge in [0.15, 0.2) is 5.82 Å². The molecule has 236 valence electrons. The number of nitrogens with one attached hydrogen (secondary N) is 3. The summed E-state index contributed by atoms with van der Waals surface area (Å²) in [6.07, 6.45) is 9.31. The van der Waals surface area contributed by atoms with Crippen molar-refractivity contribution in [3.63, 3.8) is 0 Å². The summed E-state index contributed by atoms with van der Waals surface area (Å²) in [4.78, 5) is 28.1. The third-order valence-corrected chi connectivity index (χ3v) is 6.57. The molecule has 0 aliphatic heterocycles. The molecule has 7 N–H and O–H groups in total. The van der Waals surface area contributed by atoms with Crippen LogP contribution < -0.4 is 25.8 Å². The molecule has 5 rings (SSSR count). The summed E-state index contributed by atoms with van der Waals surface area (Å²) in [5.41, 5.74) is 9.26. The summed E-state index contributed by atoms with van der Waals surface area (Å²) in [6.45, 7) is 6.69. The van der Waals surface area contributed by atoms with Crippen molar-refractivity contribution in [1.29, 1.82) is 0 Å². The first-order valence-electron chi connectivity index (χ1n) is 13.3. The average molecular weight is 655 g/mol. The maximum atomic E-state index is 12.3. The second kappa shape index (κ2) is 16.2. The Morgan fingerprint density at radius 1 is 0.844 bits per heavy atom. The minimum absolute atomic E-state index is 0. The Bertz CT molecular complexity index is 1670. The van der Waals surface area contributed by atoms with Crippen molar-refractivity contribution in [3.8, 4) is 11.8 Å². The highest BCUT2D eigenvalue weighted by Gasteiger charge is 2.17. The zero-order valence-corrected chi connectivity index (χ0v) is 26.2. The number of carbonyl (C=O) groups excluding carboxylic acids is 1. The van der Waals surface area contributed by atoms with Crippen molar-refractivity contribution >= 4 is 46.4 Å². The third-order valence-electron chi connectivity index (χ3n) is 5.83. The number of hydrogen-bond donors (Lipinski definition) is 4. The summed E-state index contributed by atoms with van der Waals surface area (Å²) in [7, 11) is 0. The smallest absolute Gasteiger partial charge is 0.324 e. The first kappa shape index (κ1) is 34.5. The fourth-order valence-electron chi connectivity index (χ4n) is 3.54. The maximum absolute atomic E-state index is 12.3. The molecule has 0 saturated carbocycles. The van der Waals surface area contributed by atoms with E-state index in [0.29, 0.717) is 51.2 Å². The number of rotatable bonds is 8. The quantitative estimate of drug-likeness (QED) is 0.149. The maximum Gasteiger partial charge on any atom is 0.324 e. The van der Waals surface area contributed by atoms with Crippen LogP contribution in [0.15, 0.2) is 79.6 Å².